The molecule has 1 aromatic carbocycles. The number of hydrogen-bond acceptors (Lipinski definition) is 7. The molecule has 0 aliphatic rings. The van der Waals surface area contributed by atoms with Crippen molar-refractivity contribution in [3.63, 3.8) is 0 Å². The molecule has 0 atom stereocenters. The van der Waals surface area contributed by atoms with Gasteiger partial charge in [0.2, 0.25) is 5.89 Å². The van der Waals surface area contributed by atoms with Crippen LogP contribution in [0.1, 0.15) is 11.7 Å². The predicted octanol–water partition coefficient (Wildman–Crippen LogP) is 4.29. The molecule has 0 amide bonds. The highest BCUT2D eigenvalue weighted by atomic mass is 32.2. The number of benzene rings is 1. The van der Waals surface area contributed by atoms with Crippen LogP contribution in [0.3, 0.4) is 0 Å². The number of nitrogens with zero attached hydrogens (tertiary/aromatic N) is 4. The predicted molar refractivity (Wildman–Crippen MR) is 108 cm³/mol. The average molecular weight is 396 g/mol. The van der Waals surface area contributed by atoms with Crippen LogP contribution in [0.4, 0.5) is 0 Å². The Hall–Kier alpha value is -2.71. The summed E-state index contributed by atoms with van der Waals surface area (Å²) in [6.45, 7) is 5.91. The summed E-state index contributed by atoms with van der Waals surface area (Å²) >= 11 is 2.89. The van der Waals surface area contributed by atoms with Gasteiger partial charge < -0.3 is 4.52 Å². The highest BCUT2D eigenvalue weighted by molar-refractivity contribution is 7.98. The van der Waals surface area contributed by atoms with Gasteiger partial charge in [-0.1, -0.05) is 53.3 Å². The summed E-state index contributed by atoms with van der Waals surface area (Å²) < 4.78 is 6.64. The molecule has 0 saturated heterocycles. The molecule has 0 bridgehead atoms. The lowest BCUT2D eigenvalue weighted by molar-refractivity contribution is 0.389. The molecule has 4 rings (SSSR count). The van der Waals surface area contributed by atoms with Gasteiger partial charge in [0.15, 0.2) is 11.0 Å². The highest BCUT2D eigenvalue weighted by Gasteiger charge is 2.17. The van der Waals surface area contributed by atoms with Gasteiger partial charge in [-0.25, -0.2) is 4.98 Å². The zero-order chi connectivity index (χ0) is 18.8. The van der Waals surface area contributed by atoms with Gasteiger partial charge in [-0.2, -0.15) is 4.98 Å². The van der Waals surface area contributed by atoms with Crippen LogP contribution < -0.4 is 5.56 Å². The highest BCUT2D eigenvalue weighted by Crippen LogP contribution is 2.32. The van der Waals surface area contributed by atoms with Crippen LogP contribution in [0.2, 0.25) is 0 Å². The third kappa shape index (κ3) is 3.45. The molecule has 3 heterocycles. The summed E-state index contributed by atoms with van der Waals surface area (Å²) in [5.41, 5.74) is 1.86. The van der Waals surface area contributed by atoms with Crippen LogP contribution in [0.25, 0.3) is 21.3 Å². The van der Waals surface area contributed by atoms with Crippen molar-refractivity contribution in [2.75, 3.05) is 0 Å². The van der Waals surface area contributed by atoms with Gasteiger partial charge in [-0.3, -0.25) is 9.36 Å². The Balaban J connectivity index is 1.79. The number of fused-ring (bicyclic) bond motifs is 1. The summed E-state index contributed by atoms with van der Waals surface area (Å²) in [6, 6.07) is 9.89. The summed E-state index contributed by atoms with van der Waals surface area (Å²) in [4.78, 5) is 22.9. The van der Waals surface area contributed by atoms with E-state index in [1.807, 2.05) is 35.7 Å². The van der Waals surface area contributed by atoms with Crippen LogP contribution in [-0.4, -0.2) is 19.7 Å². The van der Waals surface area contributed by atoms with Crippen LogP contribution in [-0.2, 0) is 12.3 Å². The number of allylic oxidation sites excluding steroid dienone is 1. The Morgan fingerprint density at radius 2 is 2.11 bits per heavy atom. The van der Waals surface area contributed by atoms with Gasteiger partial charge in [-0.15, -0.1) is 17.9 Å². The van der Waals surface area contributed by atoms with E-state index in [0.29, 0.717) is 34.6 Å². The Labute approximate surface area is 163 Å². The largest absolute Gasteiger partial charge is 0.340 e. The zero-order valence-electron chi connectivity index (χ0n) is 14.6. The number of thioether (sulfide) groups is 1. The maximum atomic E-state index is 13.2. The topological polar surface area (TPSA) is 73.8 Å². The van der Waals surface area contributed by atoms with E-state index in [-0.39, 0.29) is 5.56 Å². The second-order valence-electron chi connectivity index (χ2n) is 5.81. The van der Waals surface area contributed by atoms with Crippen molar-refractivity contribution in [2.24, 2.45) is 0 Å². The van der Waals surface area contributed by atoms with Gasteiger partial charge in [0.25, 0.3) is 5.56 Å². The third-order valence-corrected chi connectivity index (χ3v) is 5.80. The van der Waals surface area contributed by atoms with E-state index >= 15 is 0 Å². The van der Waals surface area contributed by atoms with E-state index in [1.54, 1.807) is 17.6 Å². The number of rotatable bonds is 6. The van der Waals surface area contributed by atoms with Crippen molar-refractivity contribution < 1.29 is 4.52 Å². The van der Waals surface area contributed by atoms with Crippen molar-refractivity contribution in [1.29, 1.82) is 0 Å². The van der Waals surface area contributed by atoms with Gasteiger partial charge in [0.1, 0.15) is 4.83 Å². The van der Waals surface area contributed by atoms with Gasteiger partial charge >= 0.3 is 0 Å². The monoisotopic (exact) mass is 396 g/mol. The first-order valence-electron chi connectivity index (χ1n) is 8.27. The smallest absolute Gasteiger partial charge is 0.263 e. The molecule has 27 heavy (non-hydrogen) atoms. The number of aryl methyl sites for hydroxylation is 1. The normalized spacial score (nSPS) is 11.1. The molecule has 0 radical (unpaired) electrons. The molecule has 0 fully saturated rings. The first kappa shape index (κ1) is 17.7. The van der Waals surface area contributed by atoms with Crippen LogP contribution in [0.15, 0.2) is 62.8 Å². The summed E-state index contributed by atoms with van der Waals surface area (Å²) in [5.74, 6) is 1.57. The molecular weight excluding hydrogens is 380 g/mol. The van der Waals surface area contributed by atoms with Crippen molar-refractivity contribution in [3.05, 3.63) is 70.4 Å². The lowest BCUT2D eigenvalue weighted by Gasteiger charge is -2.10. The summed E-state index contributed by atoms with van der Waals surface area (Å²) in [6.07, 6.45) is 1.70. The Morgan fingerprint density at radius 3 is 2.81 bits per heavy atom. The second-order valence-corrected chi connectivity index (χ2v) is 7.61. The number of aromatic nitrogens is 4. The maximum absolute atomic E-state index is 13.2. The van der Waals surface area contributed by atoms with Gasteiger partial charge in [0, 0.05) is 24.4 Å². The lowest BCUT2D eigenvalue weighted by Crippen LogP contribution is -2.22. The molecule has 0 saturated carbocycles. The van der Waals surface area contributed by atoms with Crippen molar-refractivity contribution in [3.8, 4) is 11.1 Å². The summed E-state index contributed by atoms with van der Waals surface area (Å²) in [7, 11) is 0. The van der Waals surface area contributed by atoms with E-state index < -0.39 is 0 Å². The third-order valence-electron chi connectivity index (χ3n) is 3.96. The minimum atomic E-state index is -0.0632. The lowest BCUT2D eigenvalue weighted by atomic mass is 10.1. The molecular formula is C19H16N4O2S2. The first-order valence-corrected chi connectivity index (χ1v) is 10.1. The maximum Gasteiger partial charge on any atom is 0.263 e. The Morgan fingerprint density at radius 1 is 1.30 bits per heavy atom. The minimum absolute atomic E-state index is 0.0632. The van der Waals surface area contributed by atoms with Crippen LogP contribution in [0.5, 0.6) is 0 Å². The minimum Gasteiger partial charge on any atom is -0.340 e. The standard InChI is InChI=1S/C19H16N4O2S2/c1-3-9-23-18(24)16-14(13-7-5-4-6-8-13)10-26-17(16)21-19(23)27-11-15-20-12(2)25-22-15/h3-8,10H,1,9,11H2,2H3. The van der Waals surface area contributed by atoms with Gasteiger partial charge in [0.05, 0.1) is 11.1 Å². The molecule has 8 heteroatoms. The Kier molecular flexibility index (Phi) is 4.91. The van der Waals surface area contributed by atoms with Crippen molar-refractivity contribution in [2.45, 2.75) is 24.4 Å². The quantitative estimate of drug-likeness (QED) is 0.275. The van der Waals surface area contributed by atoms with E-state index in [2.05, 4.69) is 16.7 Å². The van der Waals surface area contributed by atoms with Crippen molar-refractivity contribution in [1.82, 2.24) is 19.7 Å². The van der Waals surface area contributed by atoms with Gasteiger partial charge in [-0.05, 0) is 5.56 Å². The fourth-order valence-electron chi connectivity index (χ4n) is 2.77. The number of thiophene rings is 1. The van der Waals surface area contributed by atoms with E-state index in [4.69, 9.17) is 9.51 Å². The van der Waals surface area contributed by atoms with Crippen molar-refractivity contribution >= 4 is 33.3 Å². The average Bonchev–Trinajstić information content (AvgIpc) is 3.29. The molecule has 0 unspecified atom stereocenters. The SMILES string of the molecule is C=CCn1c(SCc2noc(C)n2)nc2scc(-c3ccccc3)c2c1=O. The van der Waals surface area contributed by atoms with E-state index in [0.717, 1.165) is 16.0 Å². The molecule has 0 spiro atoms. The fourth-order valence-corrected chi connectivity index (χ4v) is 4.61. The summed E-state index contributed by atoms with van der Waals surface area (Å²) in [5, 5.41) is 7.15. The molecule has 0 N–H and O–H groups in total. The molecule has 6 nitrogen and oxygen atoms in total. The fraction of sp³-hybridized carbons (Fsp3) is 0.158. The molecule has 0 aliphatic heterocycles. The molecule has 136 valence electrons. The van der Waals surface area contributed by atoms with E-state index in [9.17, 15) is 4.79 Å². The Bertz CT molecular complexity index is 1160. The molecule has 0 aliphatic carbocycles. The second kappa shape index (κ2) is 7.50. The van der Waals surface area contributed by atoms with Crippen LogP contribution in [0, 0.1) is 6.92 Å². The number of hydrogen-bond donors (Lipinski definition) is 0. The molecule has 3 aromatic heterocycles. The zero-order valence-corrected chi connectivity index (χ0v) is 16.2. The first-order chi connectivity index (χ1) is 13.2. The van der Waals surface area contributed by atoms with E-state index in [1.165, 1.54) is 23.1 Å². The molecule has 4 aromatic rings. The van der Waals surface area contributed by atoms with Crippen LogP contribution >= 0.6 is 23.1 Å².